The van der Waals surface area contributed by atoms with Crippen LogP contribution in [0.1, 0.15) is 18.1 Å². The van der Waals surface area contributed by atoms with E-state index in [-0.39, 0.29) is 29.7 Å². The van der Waals surface area contributed by atoms with Crippen molar-refractivity contribution >= 4 is 29.1 Å². The van der Waals surface area contributed by atoms with Gasteiger partial charge in [-0.1, -0.05) is 41.9 Å². The van der Waals surface area contributed by atoms with Gasteiger partial charge < -0.3 is 10.2 Å². The number of benzene rings is 2. The van der Waals surface area contributed by atoms with E-state index in [4.69, 9.17) is 11.6 Å². The Labute approximate surface area is 153 Å². The highest BCUT2D eigenvalue weighted by molar-refractivity contribution is 6.33. The third kappa shape index (κ3) is 5.49. The number of nitrogens with zero attached hydrogens (tertiary/aromatic N) is 1. The molecule has 138 valence electrons. The van der Waals surface area contributed by atoms with Gasteiger partial charge in [0.05, 0.1) is 16.3 Å². The molecule has 8 heteroatoms. The van der Waals surface area contributed by atoms with Crippen molar-refractivity contribution in [2.24, 2.45) is 0 Å². The van der Waals surface area contributed by atoms with Crippen LogP contribution in [0.5, 0.6) is 0 Å². The summed E-state index contributed by atoms with van der Waals surface area (Å²) < 4.78 is 38.4. The molecule has 0 saturated carbocycles. The van der Waals surface area contributed by atoms with Gasteiger partial charge in [0.15, 0.2) is 0 Å². The van der Waals surface area contributed by atoms with E-state index in [1.54, 1.807) is 24.3 Å². The second-order valence-electron chi connectivity index (χ2n) is 5.60. The molecule has 0 bridgehead atoms. The molecule has 2 amide bonds. The average molecular weight is 385 g/mol. The lowest BCUT2D eigenvalue weighted by molar-refractivity contribution is -0.137. The zero-order chi connectivity index (χ0) is 19.3. The van der Waals surface area contributed by atoms with Gasteiger partial charge in [-0.25, -0.2) is 0 Å². The van der Waals surface area contributed by atoms with Crippen molar-refractivity contribution in [1.29, 1.82) is 0 Å². The smallest absolute Gasteiger partial charge is 0.329 e. The molecule has 0 unspecified atom stereocenters. The molecule has 0 aliphatic carbocycles. The van der Waals surface area contributed by atoms with Crippen LogP contribution in [-0.4, -0.2) is 23.3 Å². The average Bonchev–Trinajstić information content (AvgIpc) is 2.56. The number of rotatable bonds is 5. The van der Waals surface area contributed by atoms with E-state index >= 15 is 0 Å². The number of hydrogen-bond acceptors (Lipinski definition) is 2. The summed E-state index contributed by atoms with van der Waals surface area (Å²) in [6.45, 7) is 1.21. The number of amides is 2. The number of hydrogen-bond donors (Lipinski definition) is 1. The van der Waals surface area contributed by atoms with Gasteiger partial charge in [-0.3, -0.25) is 9.59 Å². The lowest BCUT2D eigenvalue weighted by Gasteiger charge is -2.21. The van der Waals surface area contributed by atoms with Crippen molar-refractivity contribution in [3.05, 3.63) is 64.7 Å². The summed E-state index contributed by atoms with van der Waals surface area (Å²) in [6.07, 6.45) is -4.55. The summed E-state index contributed by atoms with van der Waals surface area (Å²) in [5.41, 5.74) is -0.257. The molecule has 2 aromatic carbocycles. The van der Waals surface area contributed by atoms with Crippen molar-refractivity contribution in [1.82, 2.24) is 4.90 Å². The van der Waals surface area contributed by atoms with Gasteiger partial charge in [0.1, 0.15) is 6.54 Å². The molecule has 0 spiro atoms. The maximum Gasteiger partial charge on any atom is 0.416 e. The van der Waals surface area contributed by atoms with Crippen LogP contribution in [-0.2, 0) is 22.3 Å². The number of anilines is 1. The number of halogens is 4. The molecule has 2 rings (SSSR count). The molecule has 4 nitrogen and oxygen atoms in total. The number of carbonyl (C=O) groups excluding carboxylic acids is 2. The zero-order valence-corrected chi connectivity index (χ0v) is 14.6. The van der Waals surface area contributed by atoms with E-state index in [0.717, 1.165) is 23.8 Å². The SMILES string of the molecule is CC(=O)N(CC(=O)Nc1cc(C(F)(F)F)ccc1Cl)Cc1ccccc1. The molecule has 0 saturated heterocycles. The summed E-state index contributed by atoms with van der Waals surface area (Å²) in [5, 5.41) is 2.30. The third-order valence-corrected chi connectivity index (χ3v) is 3.89. The second kappa shape index (κ2) is 8.23. The monoisotopic (exact) mass is 384 g/mol. The number of carbonyl (C=O) groups is 2. The normalized spacial score (nSPS) is 11.1. The summed E-state index contributed by atoms with van der Waals surface area (Å²) in [4.78, 5) is 25.2. The lowest BCUT2D eigenvalue weighted by Crippen LogP contribution is -2.36. The fraction of sp³-hybridized carbons (Fsp3) is 0.222. The van der Waals surface area contributed by atoms with Crippen molar-refractivity contribution in [2.45, 2.75) is 19.6 Å². The maximum absolute atomic E-state index is 12.8. The highest BCUT2D eigenvalue weighted by atomic mass is 35.5. The fourth-order valence-electron chi connectivity index (χ4n) is 2.24. The van der Waals surface area contributed by atoms with E-state index in [2.05, 4.69) is 5.32 Å². The van der Waals surface area contributed by atoms with Crippen LogP contribution in [0.15, 0.2) is 48.5 Å². The van der Waals surface area contributed by atoms with E-state index in [0.29, 0.717) is 0 Å². The number of alkyl halides is 3. The van der Waals surface area contributed by atoms with Crippen molar-refractivity contribution in [3.63, 3.8) is 0 Å². The summed E-state index contributed by atoms with van der Waals surface area (Å²) in [7, 11) is 0. The quantitative estimate of drug-likeness (QED) is 0.833. The minimum atomic E-state index is -4.55. The van der Waals surface area contributed by atoms with Crippen molar-refractivity contribution in [2.75, 3.05) is 11.9 Å². The molecule has 0 heterocycles. The highest BCUT2D eigenvalue weighted by Gasteiger charge is 2.31. The first-order valence-electron chi connectivity index (χ1n) is 7.63. The summed E-state index contributed by atoms with van der Waals surface area (Å²) in [6, 6.07) is 11.7. The van der Waals surface area contributed by atoms with E-state index in [9.17, 15) is 22.8 Å². The summed E-state index contributed by atoms with van der Waals surface area (Å²) >= 11 is 5.86. The molecular weight excluding hydrogens is 369 g/mol. The van der Waals surface area contributed by atoms with Crippen molar-refractivity contribution < 1.29 is 22.8 Å². The fourth-order valence-corrected chi connectivity index (χ4v) is 2.41. The Morgan fingerprint density at radius 2 is 1.77 bits per heavy atom. The van der Waals surface area contributed by atoms with Crippen LogP contribution in [0.3, 0.4) is 0 Å². The molecule has 26 heavy (non-hydrogen) atoms. The molecule has 0 radical (unpaired) electrons. The molecule has 0 atom stereocenters. The molecule has 0 fully saturated rings. The topological polar surface area (TPSA) is 49.4 Å². The second-order valence-corrected chi connectivity index (χ2v) is 6.01. The zero-order valence-electron chi connectivity index (χ0n) is 13.8. The molecule has 0 aliphatic heterocycles. The molecule has 0 aliphatic rings. The van der Waals surface area contributed by atoms with Crippen LogP contribution in [0.4, 0.5) is 18.9 Å². The predicted octanol–water partition coefficient (Wildman–Crippen LogP) is 4.35. The van der Waals surface area contributed by atoms with Crippen LogP contribution in [0, 0.1) is 0 Å². The van der Waals surface area contributed by atoms with Gasteiger partial charge in [0, 0.05) is 13.5 Å². The van der Waals surface area contributed by atoms with Crippen molar-refractivity contribution in [3.8, 4) is 0 Å². The Kier molecular flexibility index (Phi) is 6.26. The number of nitrogens with one attached hydrogen (secondary N) is 1. The standard InChI is InChI=1S/C18H16ClF3N2O2/c1-12(25)24(10-13-5-3-2-4-6-13)11-17(26)23-16-9-14(18(20,21)22)7-8-15(16)19/h2-9H,10-11H2,1H3,(H,23,26). The van der Waals surface area contributed by atoms with Crippen LogP contribution in [0.2, 0.25) is 5.02 Å². The largest absolute Gasteiger partial charge is 0.416 e. The maximum atomic E-state index is 12.8. The van der Waals surface area contributed by atoms with E-state index < -0.39 is 17.6 Å². The first-order valence-corrected chi connectivity index (χ1v) is 8.00. The van der Waals surface area contributed by atoms with E-state index in [1.807, 2.05) is 6.07 Å². The van der Waals surface area contributed by atoms with E-state index in [1.165, 1.54) is 11.8 Å². The minimum absolute atomic E-state index is 0.0243. The Morgan fingerprint density at radius 1 is 1.12 bits per heavy atom. The van der Waals surface area contributed by atoms with Crippen LogP contribution >= 0.6 is 11.6 Å². The van der Waals surface area contributed by atoms with Gasteiger partial charge in [-0.05, 0) is 23.8 Å². The van der Waals surface area contributed by atoms with Gasteiger partial charge in [0.2, 0.25) is 11.8 Å². The first kappa shape index (κ1) is 19.8. The molecule has 0 aromatic heterocycles. The summed E-state index contributed by atoms with van der Waals surface area (Å²) in [5.74, 6) is -0.975. The van der Waals surface area contributed by atoms with Crippen LogP contribution < -0.4 is 5.32 Å². The Bertz CT molecular complexity index is 795. The third-order valence-electron chi connectivity index (χ3n) is 3.56. The van der Waals surface area contributed by atoms with Gasteiger partial charge in [-0.15, -0.1) is 0 Å². The van der Waals surface area contributed by atoms with Gasteiger partial charge in [0.25, 0.3) is 0 Å². The first-order chi connectivity index (χ1) is 12.2. The molecule has 2 aromatic rings. The predicted molar refractivity (Wildman–Crippen MR) is 92.6 cm³/mol. The van der Waals surface area contributed by atoms with Crippen LogP contribution in [0.25, 0.3) is 0 Å². The Hall–Kier alpha value is -2.54. The van der Waals surface area contributed by atoms with Gasteiger partial charge >= 0.3 is 6.18 Å². The highest BCUT2D eigenvalue weighted by Crippen LogP contribution is 2.33. The van der Waals surface area contributed by atoms with Gasteiger partial charge in [-0.2, -0.15) is 13.2 Å². The Balaban J connectivity index is 2.10. The molecular formula is C18H16ClF3N2O2. The Morgan fingerprint density at radius 3 is 2.35 bits per heavy atom. The molecule has 1 N–H and O–H groups in total. The lowest BCUT2D eigenvalue weighted by atomic mass is 10.2. The minimum Gasteiger partial charge on any atom is -0.329 e.